The number of methoxy groups -OCH3 is 1. The van der Waals surface area contributed by atoms with Crippen molar-refractivity contribution in [3.63, 3.8) is 0 Å². The van der Waals surface area contributed by atoms with E-state index in [4.69, 9.17) is 9.47 Å². The molecule has 7 nitrogen and oxygen atoms in total. The van der Waals surface area contributed by atoms with Crippen molar-refractivity contribution in [2.24, 2.45) is 5.41 Å². The summed E-state index contributed by atoms with van der Waals surface area (Å²) in [5.41, 5.74) is 0.360. The number of esters is 1. The molecule has 3 unspecified atom stereocenters. The van der Waals surface area contributed by atoms with Gasteiger partial charge in [0.1, 0.15) is 17.0 Å². The van der Waals surface area contributed by atoms with Gasteiger partial charge in [0, 0.05) is 16.5 Å². The number of ether oxygens (including phenoxy) is 2. The predicted octanol–water partition coefficient (Wildman–Crippen LogP) is 5.52. The van der Waals surface area contributed by atoms with Crippen molar-refractivity contribution in [3.05, 3.63) is 75.6 Å². The molecule has 1 saturated heterocycles. The summed E-state index contributed by atoms with van der Waals surface area (Å²) < 4.78 is 24.2. The number of carbonyl (C=O) groups is 1. The molecule has 8 heteroatoms. The molecular weight excluding hydrogens is 463 g/mol. The summed E-state index contributed by atoms with van der Waals surface area (Å²) in [6.07, 6.45) is 4.97. The molecule has 194 valence electrons. The lowest BCUT2D eigenvalue weighted by molar-refractivity contribution is -0.548. The zero-order valence-electron chi connectivity index (χ0n) is 21.0. The minimum absolute atomic E-state index is 0.173. The summed E-state index contributed by atoms with van der Waals surface area (Å²) in [5.74, 6) is 0.140. The third-order valence-corrected chi connectivity index (χ3v) is 8.03. The second kappa shape index (κ2) is 11.4. The maximum Gasteiger partial charge on any atom is 0.319 e. The quantitative estimate of drug-likeness (QED) is 0.271. The SMILES string of the molecule is CCOC(=O)C1(C(c2ccc(OC)cc2)[N+](=O)[O-])CCN(C2CCCCC2c2ccc(F)cc2)CC1. The van der Waals surface area contributed by atoms with Gasteiger partial charge in [-0.2, -0.15) is 0 Å². The summed E-state index contributed by atoms with van der Waals surface area (Å²) in [6, 6.07) is 12.6. The number of halogens is 1. The Kier molecular flexibility index (Phi) is 8.24. The molecule has 1 heterocycles. The van der Waals surface area contributed by atoms with Crippen LogP contribution < -0.4 is 4.74 Å². The van der Waals surface area contributed by atoms with Crippen LogP contribution in [0.4, 0.5) is 4.39 Å². The first-order chi connectivity index (χ1) is 17.4. The van der Waals surface area contributed by atoms with E-state index in [1.54, 1.807) is 38.3 Å². The van der Waals surface area contributed by atoms with E-state index in [0.29, 0.717) is 37.2 Å². The largest absolute Gasteiger partial charge is 0.497 e. The summed E-state index contributed by atoms with van der Waals surface area (Å²) in [7, 11) is 1.54. The highest BCUT2D eigenvalue weighted by molar-refractivity contribution is 5.78. The molecule has 36 heavy (non-hydrogen) atoms. The lowest BCUT2D eigenvalue weighted by atomic mass is 9.69. The normalized spacial score (nSPS) is 23.0. The van der Waals surface area contributed by atoms with Crippen LogP contribution in [-0.2, 0) is 9.53 Å². The number of nitrogens with zero attached hydrogens (tertiary/aromatic N) is 2. The predicted molar refractivity (Wildman–Crippen MR) is 134 cm³/mol. The van der Waals surface area contributed by atoms with Crippen LogP contribution in [0, 0.1) is 21.3 Å². The fourth-order valence-corrected chi connectivity index (χ4v) is 6.19. The highest BCUT2D eigenvalue weighted by atomic mass is 19.1. The smallest absolute Gasteiger partial charge is 0.319 e. The first-order valence-corrected chi connectivity index (χ1v) is 12.8. The molecule has 0 radical (unpaired) electrons. The molecule has 1 saturated carbocycles. The number of hydrogen-bond acceptors (Lipinski definition) is 6. The topological polar surface area (TPSA) is 81.9 Å². The van der Waals surface area contributed by atoms with Gasteiger partial charge in [-0.15, -0.1) is 0 Å². The van der Waals surface area contributed by atoms with Gasteiger partial charge in [-0.3, -0.25) is 19.8 Å². The molecule has 0 N–H and O–H groups in total. The molecule has 4 rings (SSSR count). The highest BCUT2D eigenvalue weighted by Gasteiger charge is 2.56. The summed E-state index contributed by atoms with van der Waals surface area (Å²) in [6.45, 7) is 3.04. The molecular formula is C28H35FN2O5. The number of piperidine rings is 1. The van der Waals surface area contributed by atoms with Gasteiger partial charge in [-0.1, -0.05) is 25.0 Å². The van der Waals surface area contributed by atoms with Crippen LogP contribution in [0.25, 0.3) is 0 Å². The summed E-state index contributed by atoms with van der Waals surface area (Å²) >= 11 is 0. The van der Waals surface area contributed by atoms with E-state index in [-0.39, 0.29) is 29.3 Å². The van der Waals surface area contributed by atoms with Crippen LogP contribution in [-0.4, -0.2) is 48.6 Å². The summed E-state index contributed by atoms with van der Waals surface area (Å²) in [5, 5.41) is 12.4. The van der Waals surface area contributed by atoms with E-state index in [0.717, 1.165) is 31.2 Å². The molecule has 2 aromatic rings. The Morgan fingerprint density at radius 3 is 2.33 bits per heavy atom. The van der Waals surface area contributed by atoms with Gasteiger partial charge >= 0.3 is 5.97 Å². The standard InChI is InChI=1S/C28H35FN2O5/c1-3-36-27(32)28(26(31(33)34)21-10-14-23(35-2)15-11-21)16-18-30(19-17-28)25-7-5-4-6-24(25)20-8-12-22(29)13-9-20/h8-15,24-26H,3-7,16-19H2,1-2H3. The van der Waals surface area contributed by atoms with E-state index < -0.39 is 17.4 Å². The van der Waals surface area contributed by atoms with Crippen LogP contribution in [0.1, 0.15) is 68.5 Å². The van der Waals surface area contributed by atoms with Crippen molar-refractivity contribution in [1.82, 2.24) is 4.90 Å². The second-order valence-electron chi connectivity index (χ2n) is 9.88. The van der Waals surface area contributed by atoms with Crippen molar-refractivity contribution >= 4 is 5.97 Å². The van der Waals surface area contributed by atoms with E-state index in [1.165, 1.54) is 12.1 Å². The number of hydrogen-bond donors (Lipinski definition) is 0. The van der Waals surface area contributed by atoms with Crippen LogP contribution in [0.3, 0.4) is 0 Å². The van der Waals surface area contributed by atoms with Gasteiger partial charge in [0.2, 0.25) is 0 Å². The van der Waals surface area contributed by atoms with Gasteiger partial charge in [0.25, 0.3) is 6.04 Å². The number of rotatable bonds is 8. The Labute approximate surface area is 211 Å². The molecule has 0 spiro atoms. The Hall–Kier alpha value is -3.00. The minimum atomic E-state index is -1.25. The number of benzene rings is 2. The molecule has 3 atom stereocenters. The molecule has 0 bridgehead atoms. The van der Waals surface area contributed by atoms with Gasteiger partial charge in [-0.25, -0.2) is 4.39 Å². The monoisotopic (exact) mass is 498 g/mol. The van der Waals surface area contributed by atoms with Gasteiger partial charge in [-0.05, 0) is 93.6 Å². The van der Waals surface area contributed by atoms with Gasteiger partial charge in [0.15, 0.2) is 0 Å². The van der Waals surface area contributed by atoms with Gasteiger partial charge < -0.3 is 9.47 Å². The van der Waals surface area contributed by atoms with Crippen LogP contribution in [0.2, 0.25) is 0 Å². The average molecular weight is 499 g/mol. The molecule has 0 aromatic heterocycles. The zero-order valence-corrected chi connectivity index (χ0v) is 21.0. The zero-order chi connectivity index (χ0) is 25.7. The average Bonchev–Trinajstić information content (AvgIpc) is 2.90. The first kappa shape index (κ1) is 26.1. The van der Waals surface area contributed by atoms with E-state index >= 15 is 0 Å². The third kappa shape index (κ3) is 5.24. The maximum absolute atomic E-state index is 13.5. The van der Waals surface area contributed by atoms with Gasteiger partial charge in [0.05, 0.1) is 13.7 Å². The number of carbonyl (C=O) groups excluding carboxylic acids is 1. The van der Waals surface area contributed by atoms with Crippen LogP contribution >= 0.6 is 0 Å². The minimum Gasteiger partial charge on any atom is -0.497 e. The third-order valence-electron chi connectivity index (χ3n) is 8.03. The fraction of sp³-hybridized carbons (Fsp3) is 0.536. The van der Waals surface area contributed by atoms with Crippen LogP contribution in [0.5, 0.6) is 5.75 Å². The Morgan fingerprint density at radius 2 is 1.75 bits per heavy atom. The number of likely N-dealkylation sites (tertiary alicyclic amines) is 1. The molecule has 0 amide bonds. The Morgan fingerprint density at radius 1 is 1.11 bits per heavy atom. The first-order valence-electron chi connectivity index (χ1n) is 12.8. The lowest BCUT2D eigenvalue weighted by Crippen LogP contribution is -2.53. The molecule has 1 aliphatic heterocycles. The van der Waals surface area contributed by atoms with Crippen molar-refractivity contribution in [3.8, 4) is 5.75 Å². The van der Waals surface area contributed by atoms with Crippen LogP contribution in [0.15, 0.2) is 48.5 Å². The van der Waals surface area contributed by atoms with Crippen molar-refractivity contribution in [2.45, 2.75) is 63.5 Å². The van der Waals surface area contributed by atoms with E-state index in [9.17, 15) is 19.3 Å². The summed E-state index contributed by atoms with van der Waals surface area (Å²) in [4.78, 5) is 27.8. The van der Waals surface area contributed by atoms with Crippen molar-refractivity contribution < 1.29 is 23.6 Å². The number of nitro groups is 1. The second-order valence-corrected chi connectivity index (χ2v) is 9.88. The molecule has 1 aliphatic carbocycles. The van der Waals surface area contributed by atoms with E-state index in [1.807, 2.05) is 12.1 Å². The molecule has 2 aromatic carbocycles. The van der Waals surface area contributed by atoms with Crippen molar-refractivity contribution in [1.29, 1.82) is 0 Å². The Bertz CT molecular complexity index is 1030. The maximum atomic E-state index is 13.5. The Balaban J connectivity index is 1.60. The lowest BCUT2D eigenvalue weighted by Gasteiger charge is -2.46. The molecule has 2 aliphatic rings. The molecule has 2 fully saturated rings. The van der Waals surface area contributed by atoms with Crippen molar-refractivity contribution in [2.75, 3.05) is 26.8 Å². The highest BCUT2D eigenvalue weighted by Crippen LogP contribution is 2.48. The van der Waals surface area contributed by atoms with E-state index in [2.05, 4.69) is 4.90 Å². The fourth-order valence-electron chi connectivity index (χ4n) is 6.19.